The van der Waals surface area contributed by atoms with Gasteiger partial charge in [-0.25, -0.2) is 0 Å². The molecule has 17 heavy (non-hydrogen) atoms. The maximum atomic E-state index is 5.82. The summed E-state index contributed by atoms with van der Waals surface area (Å²) in [6.07, 6.45) is 3.39. The summed E-state index contributed by atoms with van der Waals surface area (Å²) in [7, 11) is 0. The quantitative estimate of drug-likeness (QED) is 0.689. The molecule has 0 radical (unpaired) electrons. The number of ether oxygens (including phenoxy) is 1. The topological polar surface area (TPSA) is 25.8 Å². The first kappa shape index (κ1) is 14.0. The van der Waals surface area contributed by atoms with Gasteiger partial charge in [0.05, 0.1) is 19.2 Å². The normalized spacial score (nSPS) is 12.4. The van der Waals surface area contributed by atoms with Gasteiger partial charge in [0.15, 0.2) is 0 Å². The highest BCUT2D eigenvalue weighted by atomic mass is 16.5. The molecule has 0 amide bonds. The molecule has 1 atom stereocenters. The fourth-order valence-corrected chi connectivity index (χ4v) is 1.77. The lowest BCUT2D eigenvalue weighted by Crippen LogP contribution is -2.89. The third-order valence-corrected chi connectivity index (χ3v) is 3.17. The molecular weight excluding hydrogens is 210 g/mol. The fourth-order valence-electron chi connectivity index (χ4n) is 1.77. The molecule has 0 saturated carbocycles. The van der Waals surface area contributed by atoms with Gasteiger partial charge in [-0.15, -0.1) is 0 Å². The van der Waals surface area contributed by atoms with Crippen molar-refractivity contribution in [2.75, 3.05) is 13.2 Å². The van der Waals surface area contributed by atoms with Crippen LogP contribution in [0.1, 0.15) is 39.2 Å². The van der Waals surface area contributed by atoms with Crippen LogP contribution in [0.4, 0.5) is 0 Å². The molecule has 0 aliphatic rings. The minimum atomic E-state index is 0.734. The Bertz CT molecular complexity index is 312. The van der Waals surface area contributed by atoms with Crippen LogP contribution in [-0.2, 0) is 6.42 Å². The number of aryl methyl sites for hydroxylation is 1. The Labute approximate surface area is 105 Å². The number of nitrogens with two attached hydrogens (primary N) is 1. The van der Waals surface area contributed by atoms with Crippen molar-refractivity contribution in [3.8, 4) is 5.75 Å². The second-order valence-corrected chi connectivity index (χ2v) is 4.57. The van der Waals surface area contributed by atoms with Gasteiger partial charge in [-0.1, -0.05) is 32.0 Å². The Morgan fingerprint density at radius 3 is 2.71 bits per heavy atom. The molecule has 2 nitrogen and oxygen atoms in total. The molecule has 0 unspecified atom stereocenters. The van der Waals surface area contributed by atoms with E-state index < -0.39 is 0 Å². The number of hydrogen-bond acceptors (Lipinski definition) is 1. The van der Waals surface area contributed by atoms with Gasteiger partial charge in [-0.3, -0.25) is 0 Å². The van der Waals surface area contributed by atoms with Gasteiger partial charge >= 0.3 is 0 Å². The van der Waals surface area contributed by atoms with Crippen LogP contribution in [0, 0.1) is 0 Å². The first-order valence-corrected chi connectivity index (χ1v) is 6.82. The highest BCUT2D eigenvalue weighted by Gasteiger charge is 2.02. The first-order valence-electron chi connectivity index (χ1n) is 6.82. The van der Waals surface area contributed by atoms with Crippen molar-refractivity contribution in [1.29, 1.82) is 0 Å². The second-order valence-electron chi connectivity index (χ2n) is 4.57. The lowest BCUT2D eigenvalue weighted by molar-refractivity contribution is -0.686. The molecule has 2 N–H and O–H groups in total. The maximum absolute atomic E-state index is 5.82. The number of hydrogen-bond donors (Lipinski definition) is 1. The average Bonchev–Trinajstić information content (AvgIpc) is 2.38. The molecule has 0 aliphatic heterocycles. The third-order valence-electron chi connectivity index (χ3n) is 3.17. The molecule has 0 aliphatic carbocycles. The molecule has 0 saturated heterocycles. The average molecular weight is 236 g/mol. The summed E-state index contributed by atoms with van der Waals surface area (Å²) in [6.45, 7) is 8.65. The number of quaternary nitrogens is 1. The molecule has 96 valence electrons. The zero-order chi connectivity index (χ0) is 12.5. The molecular formula is C15H26NO+. The predicted octanol–water partition coefficient (Wildman–Crippen LogP) is 2.38. The Morgan fingerprint density at radius 2 is 2.00 bits per heavy atom. The largest absolute Gasteiger partial charge is 0.493 e. The van der Waals surface area contributed by atoms with Gasteiger partial charge in [0.25, 0.3) is 0 Å². The van der Waals surface area contributed by atoms with Crippen LogP contribution in [0.3, 0.4) is 0 Å². The second kappa shape index (κ2) is 8.13. The number of para-hydroxylation sites is 1. The Hall–Kier alpha value is -1.02. The van der Waals surface area contributed by atoms with E-state index in [1.165, 1.54) is 12.0 Å². The van der Waals surface area contributed by atoms with Crippen molar-refractivity contribution in [1.82, 2.24) is 0 Å². The molecule has 1 rings (SSSR count). The minimum Gasteiger partial charge on any atom is -0.493 e. The lowest BCUT2D eigenvalue weighted by Gasteiger charge is -2.11. The summed E-state index contributed by atoms with van der Waals surface area (Å²) in [6, 6.07) is 9.05. The van der Waals surface area contributed by atoms with Crippen LogP contribution < -0.4 is 10.1 Å². The van der Waals surface area contributed by atoms with Crippen molar-refractivity contribution >= 4 is 0 Å². The van der Waals surface area contributed by atoms with Crippen LogP contribution in [0.15, 0.2) is 24.3 Å². The van der Waals surface area contributed by atoms with Crippen LogP contribution in [0.2, 0.25) is 0 Å². The standard InChI is InChI=1S/C15H25NO/c1-4-13(3)16-11-8-12-17-15-10-7-6-9-14(15)5-2/h6-7,9-10,13,16H,4-5,8,11-12H2,1-3H3/p+1/t13-/m1/s1. The molecule has 2 heteroatoms. The SMILES string of the molecule is CCc1ccccc1OCCC[NH2+][C@H](C)CC. The maximum Gasteiger partial charge on any atom is 0.122 e. The number of benzene rings is 1. The van der Waals surface area contributed by atoms with E-state index in [0.717, 1.165) is 37.8 Å². The van der Waals surface area contributed by atoms with Crippen molar-refractivity contribution in [2.24, 2.45) is 0 Å². The van der Waals surface area contributed by atoms with E-state index in [2.05, 4.69) is 44.3 Å². The van der Waals surface area contributed by atoms with Crippen LogP contribution >= 0.6 is 0 Å². The monoisotopic (exact) mass is 236 g/mol. The van der Waals surface area contributed by atoms with E-state index in [9.17, 15) is 0 Å². The van der Waals surface area contributed by atoms with E-state index in [0.29, 0.717) is 0 Å². The summed E-state index contributed by atoms with van der Waals surface area (Å²) in [5, 5.41) is 2.40. The van der Waals surface area contributed by atoms with Gasteiger partial charge in [-0.2, -0.15) is 0 Å². The summed E-state index contributed by atoms with van der Waals surface area (Å²) in [5.41, 5.74) is 1.30. The molecule has 0 spiro atoms. The van der Waals surface area contributed by atoms with E-state index in [1.807, 2.05) is 6.07 Å². The van der Waals surface area contributed by atoms with Crippen molar-refractivity contribution < 1.29 is 10.1 Å². The molecule has 0 heterocycles. The van der Waals surface area contributed by atoms with E-state index in [4.69, 9.17) is 4.74 Å². The van der Waals surface area contributed by atoms with Crippen LogP contribution in [0.5, 0.6) is 5.75 Å². The van der Waals surface area contributed by atoms with Crippen molar-refractivity contribution in [3.63, 3.8) is 0 Å². The van der Waals surface area contributed by atoms with Crippen molar-refractivity contribution in [2.45, 2.75) is 46.1 Å². The third kappa shape index (κ3) is 5.22. The summed E-state index contributed by atoms with van der Waals surface area (Å²) >= 11 is 0. The fraction of sp³-hybridized carbons (Fsp3) is 0.600. The van der Waals surface area contributed by atoms with E-state index >= 15 is 0 Å². The predicted molar refractivity (Wildman–Crippen MR) is 72.5 cm³/mol. The van der Waals surface area contributed by atoms with Gasteiger partial charge in [-0.05, 0) is 31.4 Å². The Balaban J connectivity index is 2.22. The summed E-state index contributed by atoms with van der Waals surface area (Å²) in [5.74, 6) is 1.05. The highest BCUT2D eigenvalue weighted by molar-refractivity contribution is 5.33. The summed E-state index contributed by atoms with van der Waals surface area (Å²) < 4.78 is 5.82. The molecule has 0 bridgehead atoms. The van der Waals surface area contributed by atoms with Crippen LogP contribution in [0.25, 0.3) is 0 Å². The first-order chi connectivity index (χ1) is 8.27. The zero-order valence-electron chi connectivity index (χ0n) is 11.4. The zero-order valence-corrected chi connectivity index (χ0v) is 11.4. The molecule has 0 aromatic heterocycles. The highest BCUT2D eigenvalue weighted by Crippen LogP contribution is 2.18. The molecule has 1 aromatic carbocycles. The van der Waals surface area contributed by atoms with Crippen molar-refractivity contribution in [3.05, 3.63) is 29.8 Å². The van der Waals surface area contributed by atoms with E-state index in [-0.39, 0.29) is 0 Å². The Morgan fingerprint density at radius 1 is 1.24 bits per heavy atom. The van der Waals surface area contributed by atoms with Gasteiger partial charge in [0.1, 0.15) is 5.75 Å². The smallest absolute Gasteiger partial charge is 0.122 e. The van der Waals surface area contributed by atoms with Gasteiger partial charge < -0.3 is 10.1 Å². The Kier molecular flexibility index (Phi) is 6.71. The van der Waals surface area contributed by atoms with Gasteiger partial charge in [0.2, 0.25) is 0 Å². The summed E-state index contributed by atoms with van der Waals surface area (Å²) in [4.78, 5) is 0. The number of rotatable bonds is 8. The minimum absolute atomic E-state index is 0.734. The van der Waals surface area contributed by atoms with E-state index in [1.54, 1.807) is 0 Å². The molecule has 1 aromatic rings. The van der Waals surface area contributed by atoms with Crippen LogP contribution in [-0.4, -0.2) is 19.2 Å². The lowest BCUT2D eigenvalue weighted by atomic mass is 10.1. The molecule has 0 fully saturated rings. The van der Waals surface area contributed by atoms with Gasteiger partial charge in [0, 0.05) is 6.42 Å².